The molecule has 0 bridgehead atoms. The summed E-state index contributed by atoms with van der Waals surface area (Å²) in [6, 6.07) is 23.6. The molecular weight excluding hydrogens is 336 g/mol. The van der Waals surface area contributed by atoms with Gasteiger partial charge in [-0.25, -0.2) is 4.79 Å². The van der Waals surface area contributed by atoms with E-state index in [9.17, 15) is 4.79 Å². The summed E-state index contributed by atoms with van der Waals surface area (Å²) in [6.45, 7) is 0. The number of fused-ring (bicyclic) bond motifs is 1. The third kappa shape index (κ3) is 3.40. The Morgan fingerprint density at radius 2 is 1.63 bits per heavy atom. The van der Waals surface area contributed by atoms with Crippen molar-refractivity contribution in [2.24, 2.45) is 0 Å². The van der Waals surface area contributed by atoms with Crippen molar-refractivity contribution >= 4 is 28.9 Å². The Hall–Kier alpha value is -3.59. The number of furan rings is 1. The van der Waals surface area contributed by atoms with Crippen molar-refractivity contribution in [2.45, 2.75) is 0 Å². The minimum atomic E-state index is -0.333. The summed E-state index contributed by atoms with van der Waals surface area (Å²) >= 11 is 0. The van der Waals surface area contributed by atoms with Gasteiger partial charge in [-0.2, -0.15) is 0 Å². The maximum Gasteiger partial charge on any atom is 0.337 e. The second-order valence-electron chi connectivity index (χ2n) is 6.19. The van der Waals surface area contributed by atoms with Crippen LogP contribution in [-0.2, 0) is 4.74 Å². The first kappa shape index (κ1) is 16.9. The molecule has 0 spiro atoms. The number of hydrogen-bond donors (Lipinski definition) is 0. The van der Waals surface area contributed by atoms with Gasteiger partial charge in [0.05, 0.1) is 18.9 Å². The van der Waals surface area contributed by atoms with Crippen LogP contribution in [0.25, 0.3) is 34.2 Å². The van der Waals surface area contributed by atoms with Gasteiger partial charge >= 0.3 is 5.97 Å². The van der Waals surface area contributed by atoms with Crippen molar-refractivity contribution in [3.8, 4) is 11.3 Å². The highest BCUT2D eigenvalue weighted by molar-refractivity contribution is 5.96. The molecule has 3 heteroatoms. The monoisotopic (exact) mass is 354 g/mol. The van der Waals surface area contributed by atoms with Crippen LogP contribution in [0.3, 0.4) is 0 Å². The minimum Gasteiger partial charge on any atom is -0.465 e. The molecule has 0 radical (unpaired) electrons. The standard InChI is InChI=1S/C24H18O3/c1-26-24(25)19-14-11-17(12-15-19)10-13-18-6-2-4-8-21(18)23-22-9-5-3-7-20(22)16-27-23/h2-16H,1H3. The highest BCUT2D eigenvalue weighted by atomic mass is 16.5. The minimum absolute atomic E-state index is 0.333. The molecule has 27 heavy (non-hydrogen) atoms. The molecule has 1 aromatic heterocycles. The lowest BCUT2D eigenvalue weighted by Crippen LogP contribution is -2.00. The molecule has 0 amide bonds. The third-order valence-corrected chi connectivity index (χ3v) is 4.50. The molecule has 4 aromatic rings. The smallest absolute Gasteiger partial charge is 0.337 e. The lowest BCUT2D eigenvalue weighted by atomic mass is 10.0. The van der Waals surface area contributed by atoms with Crippen LogP contribution in [0.2, 0.25) is 0 Å². The lowest BCUT2D eigenvalue weighted by molar-refractivity contribution is 0.0600. The van der Waals surface area contributed by atoms with Crippen molar-refractivity contribution in [2.75, 3.05) is 7.11 Å². The predicted molar refractivity (Wildman–Crippen MR) is 108 cm³/mol. The third-order valence-electron chi connectivity index (χ3n) is 4.50. The van der Waals surface area contributed by atoms with Crippen LogP contribution in [0.15, 0.2) is 83.5 Å². The number of benzene rings is 3. The zero-order valence-electron chi connectivity index (χ0n) is 14.9. The van der Waals surface area contributed by atoms with Crippen molar-refractivity contribution in [3.63, 3.8) is 0 Å². The normalized spacial score (nSPS) is 11.1. The van der Waals surface area contributed by atoms with Crippen molar-refractivity contribution in [3.05, 3.63) is 95.7 Å². The summed E-state index contributed by atoms with van der Waals surface area (Å²) in [5.41, 5.74) is 3.65. The SMILES string of the molecule is COC(=O)c1ccc(C=Cc2ccccc2-c2occ3ccccc23)cc1. The first-order chi connectivity index (χ1) is 13.3. The number of rotatable bonds is 4. The van der Waals surface area contributed by atoms with Gasteiger partial charge in [0.25, 0.3) is 0 Å². The van der Waals surface area contributed by atoms with E-state index in [1.165, 1.54) is 7.11 Å². The summed E-state index contributed by atoms with van der Waals surface area (Å²) < 4.78 is 10.6. The molecule has 0 aliphatic heterocycles. The Balaban J connectivity index is 1.67. The Bertz CT molecular complexity index is 1120. The fourth-order valence-corrected chi connectivity index (χ4v) is 3.08. The van der Waals surface area contributed by atoms with E-state index in [1.54, 1.807) is 18.4 Å². The van der Waals surface area contributed by atoms with Crippen LogP contribution in [0.5, 0.6) is 0 Å². The van der Waals surface area contributed by atoms with Crippen molar-refractivity contribution in [1.29, 1.82) is 0 Å². The van der Waals surface area contributed by atoms with Crippen LogP contribution in [0, 0.1) is 0 Å². The quantitative estimate of drug-likeness (QED) is 0.330. The summed E-state index contributed by atoms with van der Waals surface area (Å²) in [4.78, 5) is 11.5. The van der Waals surface area contributed by atoms with E-state index < -0.39 is 0 Å². The van der Waals surface area contributed by atoms with E-state index in [1.807, 2.05) is 48.5 Å². The zero-order valence-corrected chi connectivity index (χ0v) is 14.9. The van der Waals surface area contributed by atoms with Gasteiger partial charge in [-0.05, 0) is 23.3 Å². The van der Waals surface area contributed by atoms with E-state index in [-0.39, 0.29) is 5.97 Å². The largest absolute Gasteiger partial charge is 0.465 e. The Kier molecular flexibility index (Phi) is 4.58. The summed E-state index contributed by atoms with van der Waals surface area (Å²) in [6.07, 6.45) is 5.86. The van der Waals surface area contributed by atoms with Crippen LogP contribution in [-0.4, -0.2) is 13.1 Å². The number of methoxy groups -OCH3 is 1. The fraction of sp³-hybridized carbons (Fsp3) is 0.0417. The topological polar surface area (TPSA) is 39.4 Å². The average molecular weight is 354 g/mol. The van der Waals surface area contributed by atoms with Gasteiger partial charge in [0.1, 0.15) is 5.76 Å². The lowest BCUT2D eigenvalue weighted by Gasteiger charge is -2.04. The van der Waals surface area contributed by atoms with Gasteiger partial charge in [-0.15, -0.1) is 0 Å². The highest BCUT2D eigenvalue weighted by Crippen LogP contribution is 2.33. The molecule has 0 N–H and O–H groups in total. The van der Waals surface area contributed by atoms with E-state index >= 15 is 0 Å². The van der Waals surface area contributed by atoms with Crippen LogP contribution < -0.4 is 0 Å². The number of hydrogen-bond acceptors (Lipinski definition) is 3. The van der Waals surface area contributed by atoms with Gasteiger partial charge < -0.3 is 9.15 Å². The summed E-state index contributed by atoms with van der Waals surface area (Å²) in [5.74, 6) is 0.535. The predicted octanol–water partition coefficient (Wildman–Crippen LogP) is 6.06. The molecule has 132 valence electrons. The number of carbonyl (C=O) groups excluding carboxylic acids is 1. The molecule has 3 nitrogen and oxygen atoms in total. The van der Waals surface area contributed by atoms with Crippen LogP contribution in [0.1, 0.15) is 21.5 Å². The van der Waals surface area contributed by atoms with Gasteiger partial charge in [0.2, 0.25) is 0 Å². The molecular formula is C24H18O3. The van der Waals surface area contributed by atoms with E-state index in [0.717, 1.165) is 33.2 Å². The number of ether oxygens (including phenoxy) is 1. The Morgan fingerprint density at radius 3 is 2.44 bits per heavy atom. The van der Waals surface area contributed by atoms with E-state index in [4.69, 9.17) is 9.15 Å². The Morgan fingerprint density at radius 1 is 0.889 bits per heavy atom. The zero-order chi connectivity index (χ0) is 18.6. The fourth-order valence-electron chi connectivity index (χ4n) is 3.08. The summed E-state index contributed by atoms with van der Waals surface area (Å²) in [5, 5.41) is 2.19. The highest BCUT2D eigenvalue weighted by Gasteiger charge is 2.10. The molecule has 1 heterocycles. The molecule has 0 atom stereocenters. The van der Waals surface area contributed by atoms with E-state index in [0.29, 0.717) is 5.56 Å². The second-order valence-corrected chi connectivity index (χ2v) is 6.19. The molecule has 0 aliphatic rings. The molecule has 0 aliphatic carbocycles. The maximum absolute atomic E-state index is 11.5. The maximum atomic E-state index is 11.5. The van der Waals surface area contributed by atoms with Gasteiger partial charge in [-0.3, -0.25) is 0 Å². The molecule has 0 fully saturated rings. The second kappa shape index (κ2) is 7.34. The molecule has 3 aromatic carbocycles. The summed E-state index contributed by atoms with van der Waals surface area (Å²) in [7, 11) is 1.38. The molecule has 4 rings (SSSR count). The molecule has 0 unspecified atom stereocenters. The average Bonchev–Trinajstić information content (AvgIpc) is 3.16. The Labute approximate surface area is 157 Å². The van der Waals surface area contributed by atoms with Crippen molar-refractivity contribution in [1.82, 2.24) is 0 Å². The number of esters is 1. The molecule has 0 saturated heterocycles. The first-order valence-electron chi connectivity index (χ1n) is 8.68. The van der Waals surface area contributed by atoms with E-state index in [2.05, 4.69) is 24.3 Å². The van der Waals surface area contributed by atoms with Crippen molar-refractivity contribution < 1.29 is 13.9 Å². The van der Waals surface area contributed by atoms with Crippen LogP contribution >= 0.6 is 0 Å². The van der Waals surface area contributed by atoms with Gasteiger partial charge in [0.15, 0.2) is 0 Å². The van der Waals surface area contributed by atoms with Crippen LogP contribution in [0.4, 0.5) is 0 Å². The van der Waals surface area contributed by atoms with Gasteiger partial charge in [-0.1, -0.05) is 72.8 Å². The molecule has 0 saturated carbocycles. The number of carbonyl (C=O) groups is 1. The van der Waals surface area contributed by atoms with Gasteiger partial charge in [0, 0.05) is 16.3 Å². The first-order valence-corrected chi connectivity index (χ1v) is 8.68.